The van der Waals surface area contributed by atoms with Crippen molar-refractivity contribution in [2.45, 2.75) is 60.3 Å². The Balaban J connectivity index is 1.50. The Morgan fingerprint density at radius 3 is 2.54 bits per heavy atom. The van der Waals surface area contributed by atoms with Crippen LogP contribution in [-0.2, 0) is 26.6 Å². The summed E-state index contributed by atoms with van der Waals surface area (Å²) in [5.74, 6) is 1.32. The Bertz CT molecular complexity index is 1510. The fourth-order valence-electron chi connectivity index (χ4n) is 5.27. The maximum atomic E-state index is 14.1. The van der Waals surface area contributed by atoms with Gasteiger partial charge >= 0.3 is 0 Å². The van der Waals surface area contributed by atoms with Gasteiger partial charge in [0.15, 0.2) is 0 Å². The molecule has 1 amide bonds. The summed E-state index contributed by atoms with van der Waals surface area (Å²) in [6.45, 7) is 11.5. The average Bonchev–Trinajstić information content (AvgIpc) is 3.33. The molecule has 5 rings (SSSR count). The summed E-state index contributed by atoms with van der Waals surface area (Å²) in [5, 5.41) is 4.37. The first kappa shape index (κ1) is 26.5. The van der Waals surface area contributed by atoms with Crippen molar-refractivity contribution >= 4 is 5.91 Å². The maximum absolute atomic E-state index is 14.1. The predicted molar refractivity (Wildman–Crippen MR) is 152 cm³/mol. The number of hydrogen-bond donors (Lipinski definition) is 0. The van der Waals surface area contributed by atoms with Gasteiger partial charge in [0.25, 0.3) is 5.91 Å². The molecular weight excluding hydrogens is 488 g/mol. The normalized spacial score (nSPS) is 13.1. The molecule has 0 spiro atoms. The number of aryl methyl sites for hydroxylation is 3. The van der Waals surface area contributed by atoms with Crippen LogP contribution in [-0.4, -0.2) is 38.2 Å². The van der Waals surface area contributed by atoms with Crippen molar-refractivity contribution in [3.05, 3.63) is 93.9 Å². The molecule has 7 heteroatoms. The van der Waals surface area contributed by atoms with Crippen LogP contribution >= 0.6 is 0 Å². The minimum atomic E-state index is -0.0103. The number of rotatable bonds is 8. The number of benzene rings is 2. The summed E-state index contributed by atoms with van der Waals surface area (Å²) in [5.41, 5.74) is 8.61. The zero-order valence-corrected chi connectivity index (χ0v) is 23.6. The molecule has 0 N–H and O–H groups in total. The van der Waals surface area contributed by atoms with E-state index in [4.69, 9.17) is 14.5 Å². The van der Waals surface area contributed by atoms with Gasteiger partial charge in [-0.05, 0) is 75.4 Å². The molecule has 1 aliphatic rings. The van der Waals surface area contributed by atoms with Crippen LogP contribution in [0.25, 0.3) is 11.1 Å². The molecule has 0 saturated carbocycles. The number of hydrogen-bond acceptors (Lipinski definition) is 5. The fraction of sp³-hybridized carbons (Fsp3) is 0.344. The molecule has 202 valence electrons. The molecule has 0 atom stereocenters. The summed E-state index contributed by atoms with van der Waals surface area (Å²) < 4.78 is 14.2. The Morgan fingerprint density at radius 1 is 1.08 bits per heavy atom. The van der Waals surface area contributed by atoms with Gasteiger partial charge in [-0.3, -0.25) is 9.48 Å². The van der Waals surface area contributed by atoms with Gasteiger partial charge in [0.05, 0.1) is 24.4 Å². The zero-order valence-electron chi connectivity index (χ0n) is 23.6. The molecule has 3 heterocycles. The first-order valence-electron chi connectivity index (χ1n) is 13.5. The van der Waals surface area contributed by atoms with Crippen molar-refractivity contribution in [1.82, 2.24) is 19.7 Å². The van der Waals surface area contributed by atoms with E-state index < -0.39 is 0 Å². The zero-order chi connectivity index (χ0) is 27.7. The van der Waals surface area contributed by atoms with Crippen molar-refractivity contribution in [1.29, 1.82) is 0 Å². The number of pyridine rings is 1. The second-order valence-electron chi connectivity index (χ2n) is 10.6. The molecule has 0 aliphatic carbocycles. The molecule has 2 aromatic carbocycles. The quantitative estimate of drug-likeness (QED) is 0.284. The van der Waals surface area contributed by atoms with E-state index in [9.17, 15) is 4.79 Å². The molecule has 0 unspecified atom stereocenters. The van der Waals surface area contributed by atoms with E-state index in [2.05, 4.69) is 18.1 Å². The lowest BCUT2D eigenvalue weighted by molar-refractivity contribution is 0.0723. The summed E-state index contributed by atoms with van der Waals surface area (Å²) >= 11 is 0. The van der Waals surface area contributed by atoms with Gasteiger partial charge in [0.1, 0.15) is 12.4 Å². The van der Waals surface area contributed by atoms with E-state index in [1.807, 2.05) is 88.4 Å². The molecule has 39 heavy (non-hydrogen) atoms. The highest BCUT2D eigenvalue weighted by atomic mass is 16.5. The lowest BCUT2D eigenvalue weighted by Crippen LogP contribution is -2.38. The van der Waals surface area contributed by atoms with Gasteiger partial charge in [0.2, 0.25) is 5.88 Å². The topological polar surface area (TPSA) is 69.5 Å². The smallest absolute Gasteiger partial charge is 0.254 e. The van der Waals surface area contributed by atoms with Crippen molar-refractivity contribution < 1.29 is 14.3 Å². The van der Waals surface area contributed by atoms with Crippen LogP contribution in [0.5, 0.6) is 11.6 Å². The van der Waals surface area contributed by atoms with Crippen LogP contribution in [0.1, 0.15) is 57.7 Å². The second kappa shape index (κ2) is 10.9. The number of aromatic nitrogens is 3. The van der Waals surface area contributed by atoms with Crippen LogP contribution in [0, 0.1) is 20.8 Å². The van der Waals surface area contributed by atoms with Gasteiger partial charge in [0, 0.05) is 42.2 Å². The van der Waals surface area contributed by atoms with Crippen molar-refractivity contribution in [2.75, 3.05) is 6.54 Å². The first-order valence-corrected chi connectivity index (χ1v) is 13.5. The van der Waals surface area contributed by atoms with Crippen LogP contribution < -0.4 is 9.47 Å². The van der Waals surface area contributed by atoms with Gasteiger partial charge in [-0.15, -0.1) is 0 Å². The standard InChI is InChI=1S/C32H36N4O3/c1-20(2)39-29-15-27(25-16-33-35(6)17-25)26-12-13-36(32(37)30(26)23(29)5)18-28-21(3)14-22(4)34-31(28)38-19-24-10-8-7-9-11-24/h7-11,14-17,20H,12-13,18-19H2,1-6H3. The number of nitrogens with zero attached hydrogens (tertiary/aromatic N) is 4. The van der Waals surface area contributed by atoms with Gasteiger partial charge < -0.3 is 14.4 Å². The molecule has 4 aromatic rings. The van der Waals surface area contributed by atoms with Crippen LogP contribution in [0.3, 0.4) is 0 Å². The largest absolute Gasteiger partial charge is 0.491 e. The molecule has 0 saturated heterocycles. The number of carbonyl (C=O) groups excluding carboxylic acids is 1. The maximum Gasteiger partial charge on any atom is 0.254 e. The van der Waals surface area contributed by atoms with E-state index in [1.165, 1.54) is 0 Å². The minimum absolute atomic E-state index is 0.00193. The molecule has 0 bridgehead atoms. The highest BCUT2D eigenvalue weighted by Gasteiger charge is 2.32. The molecule has 1 aliphatic heterocycles. The van der Waals surface area contributed by atoms with Crippen LogP contribution in [0.15, 0.2) is 54.9 Å². The van der Waals surface area contributed by atoms with E-state index in [0.29, 0.717) is 25.6 Å². The van der Waals surface area contributed by atoms with Gasteiger partial charge in [-0.1, -0.05) is 30.3 Å². The van der Waals surface area contributed by atoms with Crippen molar-refractivity contribution in [3.8, 4) is 22.8 Å². The van der Waals surface area contributed by atoms with Crippen LogP contribution in [0.4, 0.5) is 0 Å². The first-order chi connectivity index (χ1) is 18.7. The van der Waals surface area contributed by atoms with Gasteiger partial charge in [-0.2, -0.15) is 5.10 Å². The van der Waals surface area contributed by atoms with E-state index in [-0.39, 0.29) is 12.0 Å². The van der Waals surface area contributed by atoms with Crippen molar-refractivity contribution in [3.63, 3.8) is 0 Å². The highest BCUT2D eigenvalue weighted by molar-refractivity contribution is 6.01. The average molecular weight is 525 g/mol. The Hall–Kier alpha value is -4.13. The third-order valence-corrected chi connectivity index (χ3v) is 7.16. The molecule has 0 radical (unpaired) electrons. The third-order valence-electron chi connectivity index (χ3n) is 7.16. The summed E-state index contributed by atoms with van der Waals surface area (Å²) in [6.07, 6.45) is 4.56. The number of fused-ring (bicyclic) bond motifs is 1. The number of ether oxygens (including phenoxy) is 2. The van der Waals surface area contributed by atoms with E-state index >= 15 is 0 Å². The Kier molecular flexibility index (Phi) is 7.42. The minimum Gasteiger partial charge on any atom is -0.491 e. The lowest BCUT2D eigenvalue weighted by Gasteiger charge is -2.32. The monoisotopic (exact) mass is 524 g/mol. The summed E-state index contributed by atoms with van der Waals surface area (Å²) in [6, 6.07) is 14.2. The van der Waals surface area contributed by atoms with Crippen LogP contribution in [0.2, 0.25) is 0 Å². The summed E-state index contributed by atoms with van der Waals surface area (Å²) in [4.78, 5) is 20.8. The van der Waals surface area contributed by atoms with E-state index in [0.717, 1.165) is 62.4 Å². The molecule has 7 nitrogen and oxygen atoms in total. The second-order valence-corrected chi connectivity index (χ2v) is 10.6. The van der Waals surface area contributed by atoms with E-state index in [1.54, 1.807) is 4.68 Å². The molecule has 2 aromatic heterocycles. The molecule has 0 fully saturated rings. The summed E-state index contributed by atoms with van der Waals surface area (Å²) in [7, 11) is 1.90. The van der Waals surface area contributed by atoms with Crippen molar-refractivity contribution in [2.24, 2.45) is 7.05 Å². The number of amides is 1. The SMILES string of the molecule is Cc1cc(C)c(CN2CCc3c(-c4cnn(C)c4)cc(OC(C)C)c(C)c3C2=O)c(OCc2ccccc2)n1. The fourth-order valence-corrected chi connectivity index (χ4v) is 5.27. The Morgan fingerprint density at radius 2 is 1.85 bits per heavy atom. The number of carbonyl (C=O) groups is 1. The van der Waals surface area contributed by atoms with Gasteiger partial charge in [-0.25, -0.2) is 4.98 Å². The third kappa shape index (κ3) is 5.53. The molecular formula is C32H36N4O3. The predicted octanol–water partition coefficient (Wildman–Crippen LogP) is 5.97. The highest BCUT2D eigenvalue weighted by Crippen LogP contribution is 2.39. The lowest BCUT2D eigenvalue weighted by atomic mass is 9.87. The Labute approximate surface area is 230 Å².